The summed E-state index contributed by atoms with van der Waals surface area (Å²) in [6.07, 6.45) is -4.70. The fourth-order valence-electron chi connectivity index (χ4n) is 2.67. The van der Waals surface area contributed by atoms with Gasteiger partial charge in [0.2, 0.25) is 17.6 Å². The number of rotatable bonds is 6. The summed E-state index contributed by atoms with van der Waals surface area (Å²) >= 11 is 0.875. The fourth-order valence-corrected chi connectivity index (χ4v) is 3.63. The van der Waals surface area contributed by atoms with Crippen molar-refractivity contribution in [3.63, 3.8) is 0 Å². The minimum absolute atomic E-state index is 0.0591. The molecule has 0 aliphatic rings. The van der Waals surface area contributed by atoms with Gasteiger partial charge in [0.05, 0.1) is 17.8 Å². The number of hydrogen-bond acceptors (Lipinski definition) is 5. The van der Waals surface area contributed by atoms with Crippen LogP contribution in [0.3, 0.4) is 0 Å². The first kappa shape index (κ1) is 22.5. The first-order chi connectivity index (χ1) is 14.6. The molecule has 0 unspecified atom stereocenters. The zero-order chi connectivity index (χ0) is 22.6. The van der Waals surface area contributed by atoms with Gasteiger partial charge in [0.1, 0.15) is 5.03 Å². The molecule has 0 bridgehead atoms. The van der Waals surface area contributed by atoms with Gasteiger partial charge in [0, 0.05) is 18.1 Å². The molecule has 31 heavy (non-hydrogen) atoms. The maximum absolute atomic E-state index is 13.1. The van der Waals surface area contributed by atoms with Crippen molar-refractivity contribution in [2.24, 2.45) is 0 Å². The second kappa shape index (κ2) is 9.34. The molecule has 1 heterocycles. The lowest BCUT2D eigenvalue weighted by Crippen LogP contribution is -2.36. The van der Waals surface area contributed by atoms with Gasteiger partial charge in [-0.25, -0.2) is 9.97 Å². The summed E-state index contributed by atoms with van der Waals surface area (Å²) in [5.74, 6) is -2.23. The summed E-state index contributed by atoms with van der Waals surface area (Å²) in [6.45, 7) is 1.74. The molecule has 0 fully saturated rings. The number of thioether (sulfide) groups is 1. The number of hydrogen-bond donors (Lipinski definition) is 1. The van der Waals surface area contributed by atoms with Gasteiger partial charge >= 0.3 is 6.18 Å². The van der Waals surface area contributed by atoms with Crippen molar-refractivity contribution in [3.05, 3.63) is 59.9 Å². The second-order valence-electron chi connectivity index (χ2n) is 6.82. The highest BCUT2D eigenvalue weighted by atomic mass is 32.2. The summed E-state index contributed by atoms with van der Waals surface area (Å²) in [5.41, 5.74) is 1.80. The van der Waals surface area contributed by atoms with Crippen molar-refractivity contribution in [2.45, 2.75) is 18.1 Å². The molecule has 162 valence electrons. The average molecular weight is 448 g/mol. The maximum Gasteiger partial charge on any atom is 0.451 e. The van der Waals surface area contributed by atoms with Gasteiger partial charge in [0.25, 0.3) is 0 Å². The standard InChI is InChI=1S/C21H19F3N4O2S/c1-13-7-9-14(10-8-13)25-17(29)11-28(2)18(30)12-31-19-15-5-3-4-6-16(15)26-20(27-19)21(22,23)24/h3-10H,11-12H2,1-2H3,(H,25,29). The smallest absolute Gasteiger partial charge is 0.336 e. The van der Waals surface area contributed by atoms with E-state index < -0.39 is 17.9 Å². The number of likely N-dealkylation sites (N-methyl/N-ethyl adjacent to an activating group) is 1. The van der Waals surface area contributed by atoms with Crippen LogP contribution in [0.25, 0.3) is 10.9 Å². The van der Waals surface area contributed by atoms with Crippen molar-refractivity contribution in [2.75, 3.05) is 24.7 Å². The maximum atomic E-state index is 13.1. The first-order valence-electron chi connectivity index (χ1n) is 9.21. The zero-order valence-electron chi connectivity index (χ0n) is 16.7. The molecular weight excluding hydrogens is 429 g/mol. The predicted molar refractivity (Wildman–Crippen MR) is 113 cm³/mol. The van der Waals surface area contributed by atoms with Crippen LogP contribution >= 0.6 is 11.8 Å². The second-order valence-corrected chi connectivity index (χ2v) is 7.78. The van der Waals surface area contributed by atoms with Crippen LogP contribution in [0.1, 0.15) is 11.4 Å². The first-order valence-corrected chi connectivity index (χ1v) is 10.2. The van der Waals surface area contributed by atoms with Gasteiger partial charge in [-0.05, 0) is 25.1 Å². The lowest BCUT2D eigenvalue weighted by molar-refractivity contribution is -0.145. The van der Waals surface area contributed by atoms with E-state index in [-0.39, 0.29) is 28.7 Å². The average Bonchev–Trinajstić information content (AvgIpc) is 2.72. The molecule has 0 saturated carbocycles. The molecule has 0 spiro atoms. The Labute approximate surface area is 180 Å². The highest BCUT2D eigenvalue weighted by molar-refractivity contribution is 8.00. The number of carbonyl (C=O) groups is 2. The molecular formula is C21H19F3N4O2S. The van der Waals surface area contributed by atoms with Gasteiger partial charge in [-0.3, -0.25) is 9.59 Å². The Hall–Kier alpha value is -3.14. The largest absolute Gasteiger partial charge is 0.451 e. The number of fused-ring (bicyclic) bond motifs is 1. The number of anilines is 1. The van der Waals surface area contributed by atoms with Gasteiger partial charge in [-0.1, -0.05) is 47.7 Å². The molecule has 1 N–H and O–H groups in total. The third-order valence-corrected chi connectivity index (χ3v) is 5.27. The van der Waals surface area contributed by atoms with Crippen molar-refractivity contribution in [3.8, 4) is 0 Å². The predicted octanol–water partition coefficient (Wildman–Crippen LogP) is 4.15. The molecule has 0 atom stereocenters. The summed E-state index contributed by atoms with van der Waals surface area (Å²) in [5, 5.41) is 3.17. The minimum Gasteiger partial charge on any atom is -0.336 e. The number of amides is 2. The van der Waals surface area contributed by atoms with Crippen LogP contribution in [0.15, 0.2) is 53.6 Å². The number of halogens is 3. The molecule has 10 heteroatoms. The van der Waals surface area contributed by atoms with Crippen molar-refractivity contribution >= 4 is 40.2 Å². The summed E-state index contributed by atoms with van der Waals surface area (Å²) in [7, 11) is 1.46. The molecule has 0 saturated heterocycles. The van der Waals surface area contributed by atoms with E-state index in [4.69, 9.17) is 0 Å². The van der Waals surface area contributed by atoms with Crippen LogP contribution in [0.5, 0.6) is 0 Å². The highest BCUT2D eigenvalue weighted by Crippen LogP contribution is 2.32. The molecule has 1 aromatic heterocycles. The number of nitrogens with one attached hydrogen (secondary N) is 1. The fraction of sp³-hybridized carbons (Fsp3) is 0.238. The number of aromatic nitrogens is 2. The van der Waals surface area contributed by atoms with Gasteiger partial charge < -0.3 is 10.2 Å². The van der Waals surface area contributed by atoms with Crippen LogP contribution in [0.4, 0.5) is 18.9 Å². The molecule has 2 aromatic carbocycles. The Bertz CT molecular complexity index is 1100. The summed E-state index contributed by atoms with van der Waals surface area (Å²) in [4.78, 5) is 33.0. The van der Waals surface area contributed by atoms with Crippen molar-refractivity contribution in [1.29, 1.82) is 0 Å². The highest BCUT2D eigenvalue weighted by Gasteiger charge is 2.35. The van der Waals surface area contributed by atoms with Crippen molar-refractivity contribution in [1.82, 2.24) is 14.9 Å². The molecule has 6 nitrogen and oxygen atoms in total. The van der Waals surface area contributed by atoms with E-state index in [0.717, 1.165) is 17.3 Å². The quantitative estimate of drug-likeness (QED) is 0.453. The summed E-state index contributed by atoms with van der Waals surface area (Å²) in [6, 6.07) is 13.5. The number of carbonyl (C=O) groups excluding carboxylic acids is 2. The molecule has 2 amide bonds. The Morgan fingerprint density at radius 2 is 1.74 bits per heavy atom. The number of nitrogens with zero attached hydrogens (tertiary/aromatic N) is 3. The van der Waals surface area contributed by atoms with Gasteiger partial charge in [-0.2, -0.15) is 13.2 Å². The van der Waals surface area contributed by atoms with Crippen LogP contribution in [0, 0.1) is 6.92 Å². The zero-order valence-corrected chi connectivity index (χ0v) is 17.5. The van der Waals surface area contributed by atoms with E-state index in [1.807, 2.05) is 19.1 Å². The normalized spacial score (nSPS) is 11.4. The van der Waals surface area contributed by atoms with E-state index >= 15 is 0 Å². The Morgan fingerprint density at radius 3 is 2.42 bits per heavy atom. The van der Waals surface area contributed by atoms with E-state index in [2.05, 4.69) is 15.3 Å². The molecule has 3 rings (SSSR count). The number of alkyl halides is 3. The number of benzene rings is 2. The monoisotopic (exact) mass is 448 g/mol. The third kappa shape index (κ3) is 5.94. The van der Waals surface area contributed by atoms with Crippen molar-refractivity contribution < 1.29 is 22.8 Å². The minimum atomic E-state index is -4.70. The van der Waals surface area contributed by atoms with Crippen LogP contribution < -0.4 is 5.32 Å². The molecule has 3 aromatic rings. The van der Waals surface area contributed by atoms with E-state index in [0.29, 0.717) is 11.1 Å². The Morgan fingerprint density at radius 1 is 1.06 bits per heavy atom. The SMILES string of the molecule is Cc1ccc(NC(=O)CN(C)C(=O)CSc2nc(C(F)(F)F)nc3ccccc23)cc1. The van der Waals surface area contributed by atoms with Crippen LogP contribution in [0.2, 0.25) is 0 Å². The van der Waals surface area contributed by atoms with E-state index in [1.54, 1.807) is 30.3 Å². The van der Waals surface area contributed by atoms with E-state index in [1.165, 1.54) is 18.0 Å². The van der Waals surface area contributed by atoms with Gasteiger partial charge in [-0.15, -0.1) is 0 Å². The number of para-hydroxylation sites is 1. The van der Waals surface area contributed by atoms with Crippen LogP contribution in [-0.2, 0) is 15.8 Å². The molecule has 0 aliphatic heterocycles. The molecule has 0 radical (unpaired) electrons. The number of aryl methyl sites for hydroxylation is 1. The van der Waals surface area contributed by atoms with Gasteiger partial charge in [0.15, 0.2) is 0 Å². The van der Waals surface area contributed by atoms with Crippen LogP contribution in [-0.4, -0.2) is 46.0 Å². The van der Waals surface area contributed by atoms with E-state index in [9.17, 15) is 22.8 Å². The Balaban J connectivity index is 1.65. The third-order valence-electron chi connectivity index (χ3n) is 4.30. The Kier molecular flexibility index (Phi) is 6.79. The topological polar surface area (TPSA) is 75.2 Å². The lowest BCUT2D eigenvalue weighted by atomic mass is 10.2. The summed E-state index contributed by atoms with van der Waals surface area (Å²) < 4.78 is 39.3. The molecule has 0 aliphatic carbocycles. The lowest BCUT2D eigenvalue weighted by Gasteiger charge is -2.17.